The van der Waals surface area contributed by atoms with Crippen molar-refractivity contribution in [2.45, 2.75) is 41.5 Å². The highest BCUT2D eigenvalue weighted by Crippen LogP contribution is 2.39. The normalized spacial score (nSPS) is 11.3. The second kappa shape index (κ2) is 6.42. The van der Waals surface area contributed by atoms with Gasteiger partial charge < -0.3 is 5.32 Å². The molecular formula is C26H27N. The summed E-state index contributed by atoms with van der Waals surface area (Å²) < 4.78 is 0. The molecule has 4 rings (SSSR count). The van der Waals surface area contributed by atoms with Crippen molar-refractivity contribution in [2.75, 3.05) is 5.32 Å². The molecule has 0 amide bonds. The highest BCUT2D eigenvalue weighted by atomic mass is 14.9. The van der Waals surface area contributed by atoms with Crippen LogP contribution in [0.25, 0.3) is 21.5 Å². The molecule has 0 fully saturated rings. The topological polar surface area (TPSA) is 12.0 Å². The van der Waals surface area contributed by atoms with Gasteiger partial charge >= 0.3 is 0 Å². The van der Waals surface area contributed by atoms with E-state index in [0.717, 1.165) is 5.69 Å². The van der Waals surface area contributed by atoms with Gasteiger partial charge in [-0.1, -0.05) is 36.4 Å². The van der Waals surface area contributed by atoms with Gasteiger partial charge in [0.15, 0.2) is 0 Å². The molecule has 0 aliphatic heterocycles. The lowest BCUT2D eigenvalue weighted by Crippen LogP contribution is -2.02. The Morgan fingerprint density at radius 1 is 0.593 bits per heavy atom. The lowest BCUT2D eigenvalue weighted by molar-refractivity contribution is 1.25. The highest BCUT2D eigenvalue weighted by molar-refractivity contribution is 6.05. The molecule has 136 valence electrons. The van der Waals surface area contributed by atoms with Crippen molar-refractivity contribution in [1.82, 2.24) is 0 Å². The Kier molecular flexibility index (Phi) is 4.19. The van der Waals surface area contributed by atoms with Crippen LogP contribution in [0.1, 0.15) is 33.4 Å². The molecule has 1 N–H and O–H groups in total. The quantitative estimate of drug-likeness (QED) is 0.391. The van der Waals surface area contributed by atoms with E-state index in [1.807, 2.05) is 0 Å². The van der Waals surface area contributed by atoms with Crippen molar-refractivity contribution in [1.29, 1.82) is 0 Å². The van der Waals surface area contributed by atoms with Gasteiger partial charge in [0.1, 0.15) is 0 Å². The Morgan fingerprint density at radius 3 is 2.04 bits per heavy atom. The smallest absolute Gasteiger partial charge is 0.0496 e. The van der Waals surface area contributed by atoms with E-state index >= 15 is 0 Å². The molecule has 0 spiro atoms. The molecule has 0 saturated carbocycles. The number of anilines is 2. The summed E-state index contributed by atoms with van der Waals surface area (Å²) >= 11 is 0. The molecule has 1 heteroatoms. The third-order valence-corrected chi connectivity index (χ3v) is 6.35. The van der Waals surface area contributed by atoms with E-state index in [0.29, 0.717) is 0 Å². The average Bonchev–Trinajstić information content (AvgIpc) is 2.67. The van der Waals surface area contributed by atoms with Crippen molar-refractivity contribution in [2.24, 2.45) is 0 Å². The highest BCUT2D eigenvalue weighted by Gasteiger charge is 2.16. The Balaban J connectivity index is 2.04. The van der Waals surface area contributed by atoms with Crippen LogP contribution in [0.15, 0.2) is 48.5 Å². The second-order valence-electron chi connectivity index (χ2n) is 7.77. The summed E-state index contributed by atoms with van der Waals surface area (Å²) in [5.74, 6) is 0. The molecule has 0 saturated heterocycles. The predicted octanol–water partition coefficient (Wildman–Crippen LogP) is 7.59. The van der Waals surface area contributed by atoms with Crippen LogP contribution in [0.3, 0.4) is 0 Å². The first-order valence-electron chi connectivity index (χ1n) is 9.65. The summed E-state index contributed by atoms with van der Waals surface area (Å²) in [4.78, 5) is 0. The van der Waals surface area contributed by atoms with Crippen LogP contribution in [0.4, 0.5) is 11.4 Å². The Hall–Kier alpha value is -2.80. The van der Waals surface area contributed by atoms with Crippen molar-refractivity contribution < 1.29 is 0 Å². The number of fused-ring (bicyclic) bond motifs is 2. The molecule has 27 heavy (non-hydrogen) atoms. The largest absolute Gasteiger partial charge is 0.354 e. The van der Waals surface area contributed by atoms with Crippen LogP contribution in [0.5, 0.6) is 0 Å². The molecule has 0 aromatic heterocycles. The van der Waals surface area contributed by atoms with Gasteiger partial charge in [-0.2, -0.15) is 0 Å². The monoisotopic (exact) mass is 353 g/mol. The molecule has 0 aliphatic rings. The van der Waals surface area contributed by atoms with Crippen LogP contribution in [0, 0.1) is 41.5 Å². The summed E-state index contributed by atoms with van der Waals surface area (Å²) in [7, 11) is 0. The zero-order valence-corrected chi connectivity index (χ0v) is 17.1. The average molecular weight is 354 g/mol. The first-order chi connectivity index (χ1) is 12.9. The van der Waals surface area contributed by atoms with Crippen molar-refractivity contribution in [3.63, 3.8) is 0 Å². The van der Waals surface area contributed by atoms with Gasteiger partial charge in [-0.25, -0.2) is 0 Å². The van der Waals surface area contributed by atoms with Crippen molar-refractivity contribution in [3.8, 4) is 0 Å². The van der Waals surface area contributed by atoms with E-state index in [9.17, 15) is 0 Å². The van der Waals surface area contributed by atoms with Crippen LogP contribution < -0.4 is 5.32 Å². The molecule has 4 aromatic rings. The van der Waals surface area contributed by atoms with Crippen LogP contribution in [-0.2, 0) is 0 Å². The number of benzene rings is 4. The van der Waals surface area contributed by atoms with Gasteiger partial charge in [-0.05, 0) is 97.8 Å². The maximum atomic E-state index is 3.80. The van der Waals surface area contributed by atoms with Gasteiger partial charge in [-0.15, -0.1) is 0 Å². The molecule has 0 radical (unpaired) electrons. The second-order valence-corrected chi connectivity index (χ2v) is 7.77. The van der Waals surface area contributed by atoms with Gasteiger partial charge in [0.05, 0.1) is 0 Å². The van der Waals surface area contributed by atoms with Crippen LogP contribution in [0.2, 0.25) is 0 Å². The lowest BCUT2D eigenvalue weighted by Gasteiger charge is -2.22. The Bertz CT molecular complexity index is 1180. The summed E-state index contributed by atoms with van der Waals surface area (Å²) in [5.41, 5.74) is 10.6. The first kappa shape index (κ1) is 17.6. The van der Waals surface area contributed by atoms with E-state index in [4.69, 9.17) is 0 Å². The van der Waals surface area contributed by atoms with E-state index in [2.05, 4.69) is 95.4 Å². The van der Waals surface area contributed by atoms with E-state index in [-0.39, 0.29) is 0 Å². The minimum atomic E-state index is 1.16. The molecule has 1 nitrogen and oxygen atoms in total. The third-order valence-electron chi connectivity index (χ3n) is 6.35. The molecule has 0 heterocycles. The summed E-state index contributed by atoms with van der Waals surface area (Å²) in [5, 5.41) is 9.03. The molecule has 0 aliphatic carbocycles. The van der Waals surface area contributed by atoms with Crippen molar-refractivity contribution >= 4 is 32.9 Å². The molecular weight excluding hydrogens is 326 g/mol. The van der Waals surface area contributed by atoms with Gasteiger partial charge in [-0.3, -0.25) is 0 Å². The van der Waals surface area contributed by atoms with Gasteiger partial charge in [0, 0.05) is 22.1 Å². The molecule has 0 atom stereocenters. The standard InChI is InChI=1S/C26H27N/c1-15-14-23-25(18(4)16(15)2)19(5)17(3)20(6)26(23)27-24-13-9-11-21-10-7-8-12-22(21)24/h7-14,27H,1-6H3. The number of nitrogens with one attached hydrogen (secondary N) is 1. The molecule has 0 unspecified atom stereocenters. The Morgan fingerprint density at radius 2 is 1.26 bits per heavy atom. The fourth-order valence-electron chi connectivity index (χ4n) is 4.25. The maximum absolute atomic E-state index is 3.80. The van der Waals surface area contributed by atoms with E-state index < -0.39 is 0 Å². The van der Waals surface area contributed by atoms with Crippen molar-refractivity contribution in [3.05, 3.63) is 81.9 Å². The number of hydrogen-bond donors (Lipinski definition) is 1. The predicted molar refractivity (Wildman–Crippen MR) is 120 cm³/mol. The zero-order chi connectivity index (χ0) is 19.3. The van der Waals surface area contributed by atoms with Gasteiger partial charge in [0.25, 0.3) is 0 Å². The summed E-state index contributed by atoms with van der Waals surface area (Å²) in [6.45, 7) is 13.4. The number of hydrogen-bond acceptors (Lipinski definition) is 1. The molecule has 4 aromatic carbocycles. The zero-order valence-electron chi connectivity index (χ0n) is 17.1. The third kappa shape index (κ3) is 2.70. The van der Waals surface area contributed by atoms with Crippen LogP contribution in [-0.4, -0.2) is 0 Å². The SMILES string of the molecule is Cc1cc2c(Nc3cccc4ccccc34)c(C)c(C)c(C)c2c(C)c1C. The minimum absolute atomic E-state index is 1.16. The van der Waals surface area contributed by atoms with E-state index in [1.54, 1.807) is 0 Å². The maximum Gasteiger partial charge on any atom is 0.0496 e. The fourth-order valence-corrected chi connectivity index (χ4v) is 4.25. The fraction of sp³-hybridized carbons (Fsp3) is 0.231. The summed E-state index contributed by atoms with van der Waals surface area (Å²) in [6, 6.07) is 17.4. The number of aryl methyl sites for hydroxylation is 3. The molecule has 0 bridgehead atoms. The number of rotatable bonds is 2. The minimum Gasteiger partial charge on any atom is -0.354 e. The first-order valence-corrected chi connectivity index (χ1v) is 9.65. The Labute approximate surface area is 162 Å². The van der Waals surface area contributed by atoms with E-state index in [1.165, 1.54) is 60.6 Å². The van der Waals surface area contributed by atoms with Gasteiger partial charge in [0.2, 0.25) is 0 Å². The van der Waals surface area contributed by atoms with Crippen LogP contribution >= 0.6 is 0 Å². The summed E-state index contributed by atoms with van der Waals surface area (Å²) in [6.07, 6.45) is 0. The lowest BCUT2D eigenvalue weighted by atomic mass is 9.88.